The molecule has 2 rings (SSSR count). The summed E-state index contributed by atoms with van der Waals surface area (Å²) >= 11 is 6.01. The second kappa shape index (κ2) is 7.06. The monoisotopic (exact) mass is 313 g/mol. The van der Waals surface area contributed by atoms with E-state index in [1.54, 1.807) is 6.07 Å². The second-order valence-electron chi connectivity index (χ2n) is 5.23. The molecule has 1 atom stereocenters. The number of hydrogen-bond acceptors (Lipinski definition) is 6. The summed E-state index contributed by atoms with van der Waals surface area (Å²) in [5.74, 6) is 0.258. The number of likely N-dealkylation sites (N-methyl/N-ethyl adjacent to an activating group) is 1. The molecule has 0 saturated carbocycles. The topological polar surface area (TPSA) is 54.9 Å². The third-order valence-electron chi connectivity index (χ3n) is 3.23. The molecular weight excluding hydrogens is 294 g/mol. The van der Waals surface area contributed by atoms with Crippen LogP contribution in [0.2, 0.25) is 5.15 Å². The molecule has 21 heavy (non-hydrogen) atoms. The van der Waals surface area contributed by atoms with Gasteiger partial charge in [0.15, 0.2) is 0 Å². The van der Waals surface area contributed by atoms with E-state index < -0.39 is 5.97 Å². The van der Waals surface area contributed by atoms with Gasteiger partial charge >= 0.3 is 5.97 Å². The summed E-state index contributed by atoms with van der Waals surface area (Å²) in [5, 5.41) is 0.281. The normalized spacial score (nSPS) is 18.9. The fourth-order valence-corrected chi connectivity index (χ4v) is 2.53. The van der Waals surface area contributed by atoms with Crippen molar-refractivity contribution in [1.82, 2.24) is 9.88 Å². The van der Waals surface area contributed by atoms with Gasteiger partial charge in [0.2, 0.25) is 0 Å². The summed E-state index contributed by atoms with van der Waals surface area (Å²) in [4.78, 5) is 20.1. The fraction of sp³-hybridized carbons (Fsp3) is 0.571. The molecule has 1 saturated heterocycles. The number of morpholine rings is 1. The lowest BCUT2D eigenvalue weighted by Crippen LogP contribution is -2.46. The number of aromatic nitrogens is 1. The molecule has 1 aromatic rings. The Balaban J connectivity index is 2.16. The number of halogens is 1. The predicted molar refractivity (Wildman–Crippen MR) is 81.1 cm³/mol. The Hall–Kier alpha value is -1.37. The van der Waals surface area contributed by atoms with Gasteiger partial charge in [0, 0.05) is 19.6 Å². The Bertz CT molecular complexity index is 510. The van der Waals surface area contributed by atoms with Crippen LogP contribution in [-0.4, -0.2) is 69.4 Å². The van der Waals surface area contributed by atoms with Crippen LogP contribution in [0.1, 0.15) is 10.4 Å². The Labute approximate surface area is 129 Å². The lowest BCUT2D eigenvalue weighted by molar-refractivity contribution is 0.0245. The lowest BCUT2D eigenvalue weighted by Gasteiger charge is -2.35. The molecule has 1 fully saturated rings. The molecule has 0 N–H and O–H groups in total. The molecule has 6 nitrogen and oxygen atoms in total. The van der Waals surface area contributed by atoms with Gasteiger partial charge in [-0.15, -0.1) is 0 Å². The molecular formula is C14H20ClN3O3. The van der Waals surface area contributed by atoms with E-state index in [2.05, 4.69) is 14.8 Å². The van der Waals surface area contributed by atoms with Crippen molar-refractivity contribution in [2.75, 3.05) is 52.3 Å². The number of methoxy groups -OCH3 is 1. The summed E-state index contributed by atoms with van der Waals surface area (Å²) in [5.41, 5.74) is 0.406. The summed E-state index contributed by atoms with van der Waals surface area (Å²) in [6.45, 7) is 2.89. The molecule has 1 aliphatic rings. The molecule has 0 aliphatic carbocycles. The molecule has 0 radical (unpaired) electrons. The van der Waals surface area contributed by atoms with Crippen molar-refractivity contribution >= 4 is 23.4 Å². The number of ether oxygens (including phenoxy) is 2. The first-order valence-corrected chi connectivity index (χ1v) is 7.14. The Morgan fingerprint density at radius 2 is 2.33 bits per heavy atom. The summed E-state index contributed by atoms with van der Waals surface area (Å²) < 4.78 is 10.5. The highest BCUT2D eigenvalue weighted by molar-refractivity contribution is 6.29. The summed E-state index contributed by atoms with van der Waals surface area (Å²) in [6.07, 6.45) is 0.108. The number of nitrogens with zero attached hydrogens (tertiary/aromatic N) is 3. The average molecular weight is 314 g/mol. The van der Waals surface area contributed by atoms with Crippen LogP contribution in [0.5, 0.6) is 0 Å². The highest BCUT2D eigenvalue weighted by atomic mass is 35.5. The van der Waals surface area contributed by atoms with Gasteiger partial charge in [0.25, 0.3) is 0 Å². The first kappa shape index (κ1) is 16.0. The standard InChI is InChI=1S/C14H20ClN3O3/c1-17(2)8-11-9-18(4-5-21-11)13-7-10(14(19)20-3)6-12(15)16-13/h6-7,11H,4-5,8-9H2,1-3H3. The third kappa shape index (κ3) is 4.30. The number of pyridine rings is 1. The van der Waals surface area contributed by atoms with Crippen molar-refractivity contribution in [1.29, 1.82) is 0 Å². The Morgan fingerprint density at radius 1 is 1.57 bits per heavy atom. The van der Waals surface area contributed by atoms with E-state index in [4.69, 9.17) is 21.1 Å². The van der Waals surface area contributed by atoms with E-state index in [0.29, 0.717) is 24.5 Å². The van der Waals surface area contributed by atoms with Crippen LogP contribution >= 0.6 is 11.6 Å². The summed E-state index contributed by atoms with van der Waals surface area (Å²) in [7, 11) is 5.36. The zero-order valence-corrected chi connectivity index (χ0v) is 13.3. The van der Waals surface area contributed by atoms with E-state index >= 15 is 0 Å². The van der Waals surface area contributed by atoms with E-state index in [-0.39, 0.29) is 11.3 Å². The zero-order valence-electron chi connectivity index (χ0n) is 12.5. The van der Waals surface area contributed by atoms with Crippen molar-refractivity contribution in [2.24, 2.45) is 0 Å². The fourth-order valence-electron chi connectivity index (χ4n) is 2.33. The highest BCUT2D eigenvalue weighted by Gasteiger charge is 2.23. The van der Waals surface area contributed by atoms with Crippen molar-refractivity contribution in [2.45, 2.75) is 6.10 Å². The quantitative estimate of drug-likeness (QED) is 0.617. The maximum absolute atomic E-state index is 11.7. The Morgan fingerprint density at radius 3 is 3.00 bits per heavy atom. The molecule has 1 aromatic heterocycles. The van der Waals surface area contributed by atoms with Crippen molar-refractivity contribution in [3.8, 4) is 0 Å². The van der Waals surface area contributed by atoms with E-state index in [9.17, 15) is 4.79 Å². The van der Waals surface area contributed by atoms with Crippen LogP contribution in [-0.2, 0) is 9.47 Å². The molecule has 116 valence electrons. The third-order valence-corrected chi connectivity index (χ3v) is 3.43. The van der Waals surface area contributed by atoms with Crippen LogP contribution in [0.3, 0.4) is 0 Å². The zero-order chi connectivity index (χ0) is 15.4. The molecule has 1 aliphatic heterocycles. The SMILES string of the molecule is COC(=O)c1cc(Cl)nc(N2CCOC(CN(C)C)C2)c1. The van der Waals surface area contributed by atoms with Gasteiger partial charge in [0.1, 0.15) is 11.0 Å². The molecule has 0 spiro atoms. The molecule has 1 unspecified atom stereocenters. The average Bonchev–Trinajstić information content (AvgIpc) is 2.45. The first-order chi connectivity index (χ1) is 9.99. The van der Waals surface area contributed by atoms with Crippen LogP contribution in [0.25, 0.3) is 0 Å². The van der Waals surface area contributed by atoms with Gasteiger partial charge < -0.3 is 19.3 Å². The number of esters is 1. The van der Waals surface area contributed by atoms with Crippen LogP contribution in [0, 0.1) is 0 Å². The van der Waals surface area contributed by atoms with Gasteiger partial charge in [-0.1, -0.05) is 11.6 Å². The Kier molecular flexibility index (Phi) is 5.39. The first-order valence-electron chi connectivity index (χ1n) is 6.76. The largest absolute Gasteiger partial charge is 0.465 e. The molecule has 0 bridgehead atoms. The number of carbonyl (C=O) groups is 1. The number of rotatable bonds is 4. The van der Waals surface area contributed by atoms with Crippen LogP contribution in [0.4, 0.5) is 5.82 Å². The smallest absolute Gasteiger partial charge is 0.338 e. The minimum absolute atomic E-state index is 0.108. The molecule has 2 heterocycles. The number of hydrogen-bond donors (Lipinski definition) is 0. The maximum Gasteiger partial charge on any atom is 0.338 e. The molecule has 0 amide bonds. The van der Waals surface area contributed by atoms with Crippen LogP contribution in [0.15, 0.2) is 12.1 Å². The van der Waals surface area contributed by atoms with Gasteiger partial charge in [-0.3, -0.25) is 0 Å². The maximum atomic E-state index is 11.7. The van der Waals surface area contributed by atoms with E-state index in [1.165, 1.54) is 13.2 Å². The lowest BCUT2D eigenvalue weighted by atomic mass is 10.2. The second-order valence-corrected chi connectivity index (χ2v) is 5.62. The number of carbonyl (C=O) groups excluding carboxylic acids is 1. The predicted octanol–water partition coefficient (Wildman–Crippen LogP) is 1.29. The van der Waals surface area contributed by atoms with Gasteiger partial charge in [0.05, 0.1) is 25.4 Å². The van der Waals surface area contributed by atoms with Gasteiger partial charge in [-0.25, -0.2) is 9.78 Å². The minimum atomic E-state index is -0.418. The molecule has 7 heteroatoms. The van der Waals surface area contributed by atoms with Crippen molar-refractivity contribution in [3.05, 3.63) is 22.8 Å². The van der Waals surface area contributed by atoms with Gasteiger partial charge in [-0.05, 0) is 26.2 Å². The van der Waals surface area contributed by atoms with Gasteiger partial charge in [-0.2, -0.15) is 0 Å². The van der Waals surface area contributed by atoms with Crippen LogP contribution < -0.4 is 4.90 Å². The molecule has 0 aromatic carbocycles. The summed E-state index contributed by atoms with van der Waals surface area (Å²) in [6, 6.07) is 3.21. The highest BCUT2D eigenvalue weighted by Crippen LogP contribution is 2.21. The van der Waals surface area contributed by atoms with Crippen molar-refractivity contribution < 1.29 is 14.3 Å². The number of anilines is 1. The van der Waals surface area contributed by atoms with E-state index in [1.807, 2.05) is 14.1 Å². The van der Waals surface area contributed by atoms with E-state index in [0.717, 1.165) is 13.1 Å². The minimum Gasteiger partial charge on any atom is -0.465 e. The van der Waals surface area contributed by atoms with Crippen molar-refractivity contribution in [3.63, 3.8) is 0 Å².